The second-order valence-corrected chi connectivity index (χ2v) is 6.49. The van der Waals surface area contributed by atoms with E-state index >= 15 is 0 Å². The Bertz CT molecular complexity index is 247. The average molecular weight is 268 g/mol. The number of hydrogen-bond donors (Lipinski definition) is 1. The van der Waals surface area contributed by atoms with Gasteiger partial charge in [-0.1, -0.05) is 20.3 Å². The van der Waals surface area contributed by atoms with Crippen LogP contribution in [-0.2, 0) is 4.74 Å². The van der Waals surface area contributed by atoms with Crippen LogP contribution in [0.25, 0.3) is 0 Å². The van der Waals surface area contributed by atoms with Gasteiger partial charge in [0.15, 0.2) is 0 Å². The summed E-state index contributed by atoms with van der Waals surface area (Å²) in [5.74, 6) is 0. The van der Waals surface area contributed by atoms with Crippen LogP contribution in [0.2, 0.25) is 0 Å². The van der Waals surface area contributed by atoms with Crippen molar-refractivity contribution < 1.29 is 4.74 Å². The number of nitrogens with one attached hydrogen (secondary N) is 1. The van der Waals surface area contributed by atoms with Crippen LogP contribution in [0.4, 0.5) is 0 Å². The number of nitrogens with zero attached hydrogens (tertiary/aromatic N) is 1. The Morgan fingerprint density at radius 3 is 2.74 bits per heavy atom. The normalized spacial score (nSPS) is 27.9. The van der Waals surface area contributed by atoms with Crippen molar-refractivity contribution in [3.63, 3.8) is 0 Å². The van der Waals surface area contributed by atoms with E-state index in [1.165, 1.54) is 51.6 Å². The molecule has 0 bridgehead atoms. The van der Waals surface area contributed by atoms with Crippen molar-refractivity contribution in [1.29, 1.82) is 0 Å². The molecule has 1 aliphatic carbocycles. The number of rotatable bonds is 9. The summed E-state index contributed by atoms with van der Waals surface area (Å²) < 4.78 is 5.82. The molecule has 0 aromatic rings. The molecular formula is C16H32N2O. The van der Waals surface area contributed by atoms with Gasteiger partial charge in [0.1, 0.15) is 0 Å². The molecule has 112 valence electrons. The molecule has 0 aromatic heterocycles. The van der Waals surface area contributed by atoms with Crippen LogP contribution in [0.3, 0.4) is 0 Å². The summed E-state index contributed by atoms with van der Waals surface area (Å²) >= 11 is 0. The van der Waals surface area contributed by atoms with Gasteiger partial charge in [-0.05, 0) is 45.2 Å². The standard InChI is InChI=1S/C16H32N2O/c1-3-5-10-18(15-7-8-15)13-16(12-17-4-2)9-6-11-19-14-16/h15,17H,3-14H2,1-2H3. The zero-order valence-electron chi connectivity index (χ0n) is 12.9. The Hall–Kier alpha value is -0.120. The molecule has 1 heterocycles. The van der Waals surface area contributed by atoms with E-state index in [4.69, 9.17) is 4.74 Å². The van der Waals surface area contributed by atoms with E-state index in [2.05, 4.69) is 24.1 Å². The van der Waals surface area contributed by atoms with Gasteiger partial charge in [-0.15, -0.1) is 0 Å². The van der Waals surface area contributed by atoms with Gasteiger partial charge in [0.05, 0.1) is 6.61 Å². The molecule has 1 aliphatic heterocycles. The van der Waals surface area contributed by atoms with Crippen LogP contribution >= 0.6 is 0 Å². The lowest BCUT2D eigenvalue weighted by atomic mass is 9.81. The summed E-state index contributed by atoms with van der Waals surface area (Å²) in [7, 11) is 0. The minimum atomic E-state index is 0.366. The molecule has 2 rings (SSSR count). The Kier molecular flexibility index (Phi) is 6.11. The van der Waals surface area contributed by atoms with E-state index < -0.39 is 0 Å². The van der Waals surface area contributed by atoms with Crippen LogP contribution < -0.4 is 5.32 Å². The van der Waals surface area contributed by atoms with Gasteiger partial charge in [0.25, 0.3) is 0 Å². The van der Waals surface area contributed by atoms with Crippen molar-refractivity contribution >= 4 is 0 Å². The second kappa shape index (κ2) is 7.61. The highest BCUT2D eigenvalue weighted by Gasteiger charge is 2.38. The molecule has 0 radical (unpaired) electrons. The van der Waals surface area contributed by atoms with Gasteiger partial charge >= 0.3 is 0 Å². The second-order valence-electron chi connectivity index (χ2n) is 6.49. The third-order valence-electron chi connectivity index (χ3n) is 4.55. The van der Waals surface area contributed by atoms with E-state index in [-0.39, 0.29) is 0 Å². The first-order chi connectivity index (χ1) is 9.29. The molecule has 1 saturated carbocycles. The molecule has 0 aromatic carbocycles. The first-order valence-corrected chi connectivity index (χ1v) is 8.32. The van der Waals surface area contributed by atoms with Crippen LogP contribution in [0.1, 0.15) is 52.4 Å². The molecule has 1 saturated heterocycles. The van der Waals surface area contributed by atoms with Crippen molar-refractivity contribution in [2.24, 2.45) is 5.41 Å². The summed E-state index contributed by atoms with van der Waals surface area (Å²) in [5, 5.41) is 3.57. The van der Waals surface area contributed by atoms with Gasteiger partial charge in [0, 0.05) is 31.2 Å². The van der Waals surface area contributed by atoms with E-state index in [1.54, 1.807) is 0 Å². The summed E-state index contributed by atoms with van der Waals surface area (Å²) in [5.41, 5.74) is 0.366. The third-order valence-corrected chi connectivity index (χ3v) is 4.55. The molecule has 3 heteroatoms. The topological polar surface area (TPSA) is 24.5 Å². The lowest BCUT2D eigenvalue weighted by Crippen LogP contribution is -2.49. The fraction of sp³-hybridized carbons (Fsp3) is 1.00. The van der Waals surface area contributed by atoms with Gasteiger partial charge in [0.2, 0.25) is 0 Å². The van der Waals surface area contributed by atoms with Crippen LogP contribution in [0.15, 0.2) is 0 Å². The Morgan fingerprint density at radius 2 is 2.16 bits per heavy atom. The summed E-state index contributed by atoms with van der Waals surface area (Å²) in [6.45, 7) is 11.1. The van der Waals surface area contributed by atoms with E-state index in [1.807, 2.05) is 0 Å². The van der Waals surface area contributed by atoms with Crippen molar-refractivity contribution in [3.8, 4) is 0 Å². The SMILES string of the molecule is CCCCN(CC1(CNCC)CCCOC1)C1CC1. The van der Waals surface area contributed by atoms with Crippen LogP contribution in [-0.4, -0.2) is 50.3 Å². The molecule has 0 amide bonds. The molecule has 2 fully saturated rings. The maximum Gasteiger partial charge on any atom is 0.0546 e. The van der Waals surface area contributed by atoms with Gasteiger partial charge in [-0.3, -0.25) is 4.90 Å². The van der Waals surface area contributed by atoms with Gasteiger partial charge < -0.3 is 10.1 Å². The van der Waals surface area contributed by atoms with Crippen molar-refractivity contribution in [2.75, 3.05) is 39.4 Å². The molecule has 1 N–H and O–H groups in total. The number of unbranched alkanes of at least 4 members (excludes halogenated alkanes) is 1. The molecule has 2 aliphatic rings. The maximum absolute atomic E-state index is 5.82. The van der Waals surface area contributed by atoms with Crippen LogP contribution in [0, 0.1) is 5.41 Å². The Balaban J connectivity index is 1.91. The Morgan fingerprint density at radius 1 is 1.32 bits per heavy atom. The smallest absolute Gasteiger partial charge is 0.0546 e. The zero-order chi connectivity index (χ0) is 13.6. The van der Waals surface area contributed by atoms with Crippen molar-refractivity contribution in [3.05, 3.63) is 0 Å². The highest BCUT2D eigenvalue weighted by atomic mass is 16.5. The molecule has 0 spiro atoms. The number of hydrogen-bond acceptors (Lipinski definition) is 3. The van der Waals surface area contributed by atoms with Gasteiger partial charge in [-0.25, -0.2) is 0 Å². The Labute approximate surface area is 119 Å². The zero-order valence-corrected chi connectivity index (χ0v) is 12.9. The predicted molar refractivity (Wildman–Crippen MR) is 80.5 cm³/mol. The third kappa shape index (κ3) is 4.73. The maximum atomic E-state index is 5.82. The van der Waals surface area contributed by atoms with Crippen molar-refractivity contribution in [1.82, 2.24) is 10.2 Å². The lowest BCUT2D eigenvalue weighted by Gasteiger charge is -2.41. The van der Waals surface area contributed by atoms with E-state index in [0.29, 0.717) is 5.41 Å². The van der Waals surface area contributed by atoms with Gasteiger partial charge in [-0.2, -0.15) is 0 Å². The summed E-state index contributed by atoms with van der Waals surface area (Å²) in [6.07, 6.45) is 8.05. The monoisotopic (exact) mass is 268 g/mol. The molecular weight excluding hydrogens is 236 g/mol. The average Bonchev–Trinajstić information content (AvgIpc) is 3.27. The quantitative estimate of drug-likeness (QED) is 0.696. The minimum Gasteiger partial charge on any atom is -0.381 e. The van der Waals surface area contributed by atoms with Crippen LogP contribution in [0.5, 0.6) is 0 Å². The fourth-order valence-electron chi connectivity index (χ4n) is 3.24. The molecule has 1 atom stereocenters. The lowest BCUT2D eigenvalue weighted by molar-refractivity contribution is -0.0275. The summed E-state index contributed by atoms with van der Waals surface area (Å²) in [6, 6.07) is 0.881. The first kappa shape index (κ1) is 15.3. The molecule has 3 nitrogen and oxygen atoms in total. The minimum absolute atomic E-state index is 0.366. The highest BCUT2D eigenvalue weighted by molar-refractivity contribution is 4.92. The van der Waals surface area contributed by atoms with E-state index in [9.17, 15) is 0 Å². The predicted octanol–water partition coefficient (Wildman–Crippen LogP) is 2.66. The largest absolute Gasteiger partial charge is 0.381 e. The first-order valence-electron chi connectivity index (χ1n) is 8.32. The number of ether oxygens (including phenoxy) is 1. The highest BCUT2D eigenvalue weighted by Crippen LogP contribution is 2.34. The molecule has 19 heavy (non-hydrogen) atoms. The van der Waals surface area contributed by atoms with Crippen molar-refractivity contribution in [2.45, 2.75) is 58.4 Å². The fourth-order valence-corrected chi connectivity index (χ4v) is 3.24. The molecule has 1 unspecified atom stereocenters. The summed E-state index contributed by atoms with van der Waals surface area (Å²) in [4.78, 5) is 2.76. The van der Waals surface area contributed by atoms with E-state index in [0.717, 1.165) is 32.3 Å².